The van der Waals surface area contributed by atoms with Crippen LogP contribution in [-0.2, 0) is 11.3 Å². The van der Waals surface area contributed by atoms with Crippen LogP contribution in [0.5, 0.6) is 0 Å². The second-order valence-corrected chi connectivity index (χ2v) is 7.06. The lowest BCUT2D eigenvalue weighted by Crippen LogP contribution is -2.44. The van der Waals surface area contributed by atoms with E-state index in [0.29, 0.717) is 19.0 Å². The number of likely N-dealkylation sites (tertiary alicyclic amines) is 1. The highest BCUT2D eigenvalue weighted by Crippen LogP contribution is 2.24. The topological polar surface area (TPSA) is 95.0 Å². The number of nitrogens with zero attached hydrogens (tertiary/aromatic N) is 2. The third kappa shape index (κ3) is 6.67. The predicted molar refractivity (Wildman–Crippen MR) is 111 cm³/mol. The van der Waals surface area contributed by atoms with Gasteiger partial charge in [-0.2, -0.15) is 0 Å². The summed E-state index contributed by atoms with van der Waals surface area (Å²) >= 11 is 0. The Morgan fingerprint density at radius 2 is 1.90 bits per heavy atom. The Morgan fingerprint density at radius 1 is 1.10 bits per heavy atom. The van der Waals surface area contributed by atoms with Crippen molar-refractivity contribution in [2.45, 2.75) is 38.8 Å². The molecule has 8 nitrogen and oxygen atoms in total. The van der Waals surface area contributed by atoms with Gasteiger partial charge in [0, 0.05) is 13.1 Å². The zero-order chi connectivity index (χ0) is 20.3. The van der Waals surface area contributed by atoms with Gasteiger partial charge in [0.2, 0.25) is 5.91 Å². The molecule has 1 unspecified atom stereocenters. The van der Waals surface area contributed by atoms with E-state index >= 15 is 0 Å². The second kappa shape index (κ2) is 11.3. The quantitative estimate of drug-likeness (QED) is 0.441. The standard InChI is InChI=1S/C21H31N5O3/c1-2-22-21(25-16-20(27)23-14-17-8-6-12-28-17)24-15-18(19-9-7-13-29-19)26-10-4-3-5-11-26/h6-9,12-13,18H,2-5,10-11,14-16H2,1H3,(H,23,27)(H2,22,24,25). The van der Waals surface area contributed by atoms with Crippen molar-refractivity contribution in [3.8, 4) is 0 Å². The lowest BCUT2D eigenvalue weighted by Gasteiger charge is -2.33. The van der Waals surface area contributed by atoms with E-state index in [4.69, 9.17) is 8.83 Å². The molecule has 2 aromatic heterocycles. The molecule has 158 valence electrons. The number of rotatable bonds is 9. The van der Waals surface area contributed by atoms with Gasteiger partial charge < -0.3 is 24.8 Å². The number of hydrogen-bond acceptors (Lipinski definition) is 5. The summed E-state index contributed by atoms with van der Waals surface area (Å²) in [6.45, 7) is 5.92. The van der Waals surface area contributed by atoms with Crippen LogP contribution in [0, 0.1) is 0 Å². The van der Waals surface area contributed by atoms with Crippen LogP contribution < -0.4 is 16.0 Å². The third-order valence-corrected chi connectivity index (χ3v) is 4.93. The molecule has 1 atom stereocenters. The number of carbonyl (C=O) groups is 1. The zero-order valence-corrected chi connectivity index (χ0v) is 17.0. The number of aliphatic imine (C=N–C) groups is 1. The van der Waals surface area contributed by atoms with Gasteiger partial charge in [0.05, 0.1) is 25.1 Å². The van der Waals surface area contributed by atoms with Crippen molar-refractivity contribution in [2.75, 3.05) is 32.7 Å². The van der Waals surface area contributed by atoms with E-state index in [-0.39, 0.29) is 18.5 Å². The van der Waals surface area contributed by atoms with Crippen molar-refractivity contribution >= 4 is 11.9 Å². The van der Waals surface area contributed by atoms with Gasteiger partial charge in [0.15, 0.2) is 5.96 Å². The number of hydrogen-bond donors (Lipinski definition) is 3. The number of amides is 1. The zero-order valence-electron chi connectivity index (χ0n) is 17.0. The number of carbonyl (C=O) groups excluding carboxylic acids is 1. The smallest absolute Gasteiger partial charge is 0.242 e. The summed E-state index contributed by atoms with van der Waals surface area (Å²) in [5.74, 6) is 2.13. The average Bonchev–Trinajstić information content (AvgIpc) is 3.46. The van der Waals surface area contributed by atoms with Crippen LogP contribution in [0.2, 0.25) is 0 Å². The third-order valence-electron chi connectivity index (χ3n) is 4.93. The van der Waals surface area contributed by atoms with Crippen LogP contribution >= 0.6 is 0 Å². The molecule has 0 radical (unpaired) electrons. The molecule has 29 heavy (non-hydrogen) atoms. The molecular formula is C21H31N5O3. The molecule has 1 aliphatic rings. The molecule has 3 heterocycles. The van der Waals surface area contributed by atoms with Crippen LogP contribution in [0.1, 0.15) is 43.7 Å². The Balaban J connectivity index is 1.54. The van der Waals surface area contributed by atoms with Gasteiger partial charge in [0.1, 0.15) is 18.1 Å². The summed E-state index contributed by atoms with van der Waals surface area (Å²) in [5.41, 5.74) is 0. The van der Waals surface area contributed by atoms with Crippen LogP contribution in [0.25, 0.3) is 0 Å². The number of piperidine rings is 1. The van der Waals surface area contributed by atoms with Gasteiger partial charge in [-0.3, -0.25) is 9.69 Å². The van der Waals surface area contributed by atoms with Crippen molar-refractivity contribution in [1.29, 1.82) is 0 Å². The molecule has 8 heteroatoms. The molecule has 0 aliphatic carbocycles. The van der Waals surface area contributed by atoms with Gasteiger partial charge in [-0.1, -0.05) is 6.42 Å². The van der Waals surface area contributed by atoms with Gasteiger partial charge >= 0.3 is 0 Å². The van der Waals surface area contributed by atoms with E-state index in [1.165, 1.54) is 19.3 Å². The fraction of sp³-hybridized carbons (Fsp3) is 0.524. The minimum Gasteiger partial charge on any atom is -0.468 e. The minimum atomic E-state index is -0.155. The van der Waals surface area contributed by atoms with E-state index in [1.807, 2.05) is 25.1 Å². The molecule has 0 aromatic carbocycles. The van der Waals surface area contributed by atoms with Crippen LogP contribution in [0.15, 0.2) is 50.6 Å². The molecule has 3 rings (SSSR count). The Morgan fingerprint density at radius 3 is 2.59 bits per heavy atom. The highest BCUT2D eigenvalue weighted by atomic mass is 16.3. The summed E-state index contributed by atoms with van der Waals surface area (Å²) in [6.07, 6.45) is 7.01. The Hall–Kier alpha value is -2.74. The highest BCUT2D eigenvalue weighted by Gasteiger charge is 2.24. The van der Waals surface area contributed by atoms with Crippen LogP contribution in [-0.4, -0.2) is 49.5 Å². The molecule has 1 fully saturated rings. The highest BCUT2D eigenvalue weighted by molar-refractivity contribution is 5.84. The maximum atomic E-state index is 12.1. The lowest BCUT2D eigenvalue weighted by atomic mass is 10.1. The average molecular weight is 402 g/mol. The largest absolute Gasteiger partial charge is 0.468 e. The first kappa shape index (κ1) is 21.0. The lowest BCUT2D eigenvalue weighted by molar-refractivity contribution is -0.119. The number of nitrogens with one attached hydrogen (secondary N) is 3. The number of furan rings is 2. The van der Waals surface area contributed by atoms with E-state index in [1.54, 1.807) is 18.6 Å². The first-order chi connectivity index (χ1) is 14.3. The van der Waals surface area contributed by atoms with E-state index < -0.39 is 0 Å². The normalized spacial score (nSPS) is 16.4. The summed E-state index contributed by atoms with van der Waals surface area (Å²) in [5, 5.41) is 9.38. The Kier molecular flexibility index (Phi) is 8.18. The van der Waals surface area contributed by atoms with Crippen LogP contribution in [0.3, 0.4) is 0 Å². The maximum Gasteiger partial charge on any atom is 0.242 e. The van der Waals surface area contributed by atoms with E-state index in [2.05, 4.69) is 25.8 Å². The second-order valence-electron chi connectivity index (χ2n) is 7.06. The summed E-state index contributed by atoms with van der Waals surface area (Å²) in [4.78, 5) is 18.9. The van der Waals surface area contributed by atoms with Gasteiger partial charge in [-0.15, -0.1) is 0 Å². The van der Waals surface area contributed by atoms with Gasteiger partial charge in [0.25, 0.3) is 0 Å². The molecule has 1 saturated heterocycles. The van der Waals surface area contributed by atoms with Crippen molar-refractivity contribution in [3.63, 3.8) is 0 Å². The minimum absolute atomic E-state index is 0.0468. The van der Waals surface area contributed by atoms with Gasteiger partial charge in [-0.25, -0.2) is 4.99 Å². The number of guanidine groups is 1. The van der Waals surface area contributed by atoms with Crippen molar-refractivity contribution < 1.29 is 13.6 Å². The van der Waals surface area contributed by atoms with Crippen LogP contribution in [0.4, 0.5) is 0 Å². The summed E-state index contributed by atoms with van der Waals surface area (Å²) in [6, 6.07) is 7.71. The summed E-state index contributed by atoms with van der Waals surface area (Å²) in [7, 11) is 0. The molecule has 0 bridgehead atoms. The predicted octanol–water partition coefficient (Wildman–Crippen LogP) is 2.27. The maximum absolute atomic E-state index is 12.1. The fourth-order valence-electron chi connectivity index (χ4n) is 3.46. The molecule has 2 aromatic rings. The van der Waals surface area contributed by atoms with Gasteiger partial charge in [-0.05, 0) is 57.1 Å². The first-order valence-corrected chi connectivity index (χ1v) is 10.3. The Labute approximate surface area is 171 Å². The molecule has 3 N–H and O–H groups in total. The Bertz CT molecular complexity index is 736. The van der Waals surface area contributed by atoms with E-state index in [9.17, 15) is 4.79 Å². The molecule has 0 spiro atoms. The van der Waals surface area contributed by atoms with Crippen molar-refractivity contribution in [3.05, 3.63) is 48.3 Å². The summed E-state index contributed by atoms with van der Waals surface area (Å²) < 4.78 is 10.9. The fourth-order valence-corrected chi connectivity index (χ4v) is 3.46. The molecule has 0 saturated carbocycles. The molecular weight excluding hydrogens is 370 g/mol. The molecule has 1 amide bonds. The molecule has 1 aliphatic heterocycles. The van der Waals surface area contributed by atoms with E-state index in [0.717, 1.165) is 31.2 Å². The monoisotopic (exact) mass is 401 g/mol. The SMILES string of the molecule is CCNC(=NCC(=O)NCc1ccco1)NCC(c1ccco1)N1CCCCC1. The van der Waals surface area contributed by atoms with Crippen molar-refractivity contribution in [1.82, 2.24) is 20.9 Å². The first-order valence-electron chi connectivity index (χ1n) is 10.3. The van der Waals surface area contributed by atoms with Crippen molar-refractivity contribution in [2.24, 2.45) is 4.99 Å².